The van der Waals surface area contributed by atoms with Crippen molar-refractivity contribution < 1.29 is 18.3 Å². The van der Waals surface area contributed by atoms with E-state index in [0.29, 0.717) is 16.6 Å². The Bertz CT molecular complexity index is 1280. The number of amides is 1. The molecule has 4 aromatic rings. The summed E-state index contributed by atoms with van der Waals surface area (Å²) in [5, 5.41) is 14.8. The summed E-state index contributed by atoms with van der Waals surface area (Å²) in [5.74, 6) is -0.683. The number of fused-ring (bicyclic) bond motifs is 1. The molecule has 1 fully saturated rings. The molecule has 4 heterocycles. The topological polar surface area (TPSA) is 101 Å². The Hall–Kier alpha value is -3.86. The number of aromatic amines is 1. The predicted molar refractivity (Wildman–Crippen MR) is 122 cm³/mol. The van der Waals surface area contributed by atoms with Crippen molar-refractivity contribution >= 4 is 22.5 Å². The van der Waals surface area contributed by atoms with E-state index in [2.05, 4.69) is 35.2 Å². The highest BCUT2D eigenvalue weighted by Gasteiger charge is 2.17. The van der Waals surface area contributed by atoms with Gasteiger partial charge in [-0.3, -0.25) is 14.6 Å². The largest absolute Gasteiger partial charge is 0.417 e. The zero-order valence-electron chi connectivity index (χ0n) is 18.2. The number of benzene rings is 1. The van der Waals surface area contributed by atoms with Gasteiger partial charge in [0.2, 0.25) is 5.88 Å². The van der Waals surface area contributed by atoms with Crippen LogP contribution in [-0.2, 0) is 6.54 Å². The molecule has 0 atom stereocenters. The molecular weight excluding hydrogens is 444 g/mol. The van der Waals surface area contributed by atoms with Gasteiger partial charge in [-0.05, 0) is 49.7 Å². The number of aromatic nitrogens is 5. The van der Waals surface area contributed by atoms with Crippen molar-refractivity contribution in [1.29, 1.82) is 0 Å². The van der Waals surface area contributed by atoms with Crippen molar-refractivity contribution in [3.63, 3.8) is 0 Å². The number of anilines is 1. The van der Waals surface area contributed by atoms with Gasteiger partial charge >= 0.3 is 6.61 Å². The summed E-state index contributed by atoms with van der Waals surface area (Å²) in [6.45, 7) is 1.15. The van der Waals surface area contributed by atoms with Gasteiger partial charge in [-0.15, -0.1) is 0 Å². The second kappa shape index (κ2) is 9.56. The first-order valence-electron chi connectivity index (χ1n) is 11.0. The lowest BCUT2D eigenvalue weighted by atomic mass is 10.1. The number of carbonyl (C=O) groups is 1. The number of likely N-dealkylation sites (tertiary alicyclic amines) is 1. The number of alkyl halides is 2. The Kier molecular flexibility index (Phi) is 6.17. The first-order valence-corrected chi connectivity index (χ1v) is 11.0. The molecule has 0 radical (unpaired) electrons. The summed E-state index contributed by atoms with van der Waals surface area (Å²) >= 11 is 0. The fourth-order valence-electron chi connectivity index (χ4n) is 4.06. The zero-order chi connectivity index (χ0) is 23.5. The summed E-state index contributed by atoms with van der Waals surface area (Å²) in [5.41, 5.74) is 3.14. The Labute approximate surface area is 193 Å². The van der Waals surface area contributed by atoms with Crippen LogP contribution >= 0.6 is 0 Å². The molecule has 1 amide bonds. The Balaban J connectivity index is 1.30. The number of halogens is 2. The lowest BCUT2D eigenvalue weighted by Crippen LogP contribution is -2.24. The van der Waals surface area contributed by atoms with Crippen LogP contribution < -0.4 is 10.1 Å². The molecule has 5 rings (SSSR count). The van der Waals surface area contributed by atoms with E-state index in [4.69, 9.17) is 0 Å². The minimum atomic E-state index is -2.96. The van der Waals surface area contributed by atoms with Crippen molar-refractivity contribution in [1.82, 2.24) is 29.9 Å². The van der Waals surface area contributed by atoms with Crippen LogP contribution in [0.4, 0.5) is 14.5 Å². The van der Waals surface area contributed by atoms with E-state index in [0.717, 1.165) is 37.3 Å². The van der Waals surface area contributed by atoms with Crippen LogP contribution in [0.1, 0.15) is 23.3 Å². The maximum absolute atomic E-state index is 12.8. The third kappa shape index (κ3) is 4.88. The van der Waals surface area contributed by atoms with Gasteiger partial charge in [-0.25, -0.2) is 4.98 Å². The summed E-state index contributed by atoms with van der Waals surface area (Å²) in [4.78, 5) is 19.0. The Morgan fingerprint density at radius 2 is 1.97 bits per heavy atom. The number of pyridine rings is 1. The smallest absolute Gasteiger partial charge is 0.388 e. The van der Waals surface area contributed by atoms with Crippen LogP contribution in [0.25, 0.3) is 22.0 Å². The maximum atomic E-state index is 12.8. The molecule has 0 saturated carbocycles. The first kappa shape index (κ1) is 22.0. The molecule has 1 aliphatic heterocycles. The fraction of sp³-hybridized carbons (Fsp3) is 0.304. The first-order chi connectivity index (χ1) is 16.5. The molecule has 176 valence electrons. The lowest BCUT2D eigenvalue weighted by Gasteiger charge is -2.13. The molecule has 0 spiro atoms. The van der Waals surface area contributed by atoms with Crippen LogP contribution in [0.5, 0.6) is 5.88 Å². The normalized spacial score (nSPS) is 14.2. The van der Waals surface area contributed by atoms with E-state index in [1.165, 1.54) is 31.2 Å². The fourth-order valence-corrected chi connectivity index (χ4v) is 4.06. The van der Waals surface area contributed by atoms with E-state index >= 15 is 0 Å². The molecule has 11 heteroatoms. The second-order valence-electron chi connectivity index (χ2n) is 8.09. The number of hydrogen-bond donors (Lipinski definition) is 2. The number of H-pyrrole nitrogens is 1. The molecule has 1 aromatic carbocycles. The van der Waals surface area contributed by atoms with Crippen LogP contribution in [-0.4, -0.2) is 62.0 Å². The van der Waals surface area contributed by atoms with Gasteiger partial charge in [0.15, 0.2) is 5.69 Å². The average Bonchev–Trinajstić information content (AvgIpc) is 3.58. The number of carbonyl (C=O) groups excluding carboxylic acids is 1. The second-order valence-corrected chi connectivity index (χ2v) is 8.09. The summed E-state index contributed by atoms with van der Waals surface area (Å²) in [6.07, 6.45) is 7.59. The average molecular weight is 467 g/mol. The van der Waals surface area contributed by atoms with Gasteiger partial charge in [0, 0.05) is 29.8 Å². The number of nitrogens with zero attached hydrogens (tertiary/aromatic N) is 5. The predicted octanol–water partition coefficient (Wildman–Crippen LogP) is 3.77. The van der Waals surface area contributed by atoms with Gasteiger partial charge in [0.25, 0.3) is 5.91 Å². The van der Waals surface area contributed by atoms with Crippen molar-refractivity contribution in [2.75, 3.05) is 25.0 Å². The number of hydrogen-bond acceptors (Lipinski definition) is 6. The Morgan fingerprint density at radius 1 is 1.12 bits per heavy atom. The molecule has 9 nitrogen and oxygen atoms in total. The standard InChI is InChI=1S/C23H23F2N7O2/c24-23(25)34-20-6-4-17(13-26-20)28-22(33)21-18-11-15(3-5-19(18)29-30-21)16-12-27-32(14-16)10-9-31-7-1-2-8-31/h3-6,11-14,23H,1-2,7-10H2,(H,28,33)(H,29,30). The lowest BCUT2D eigenvalue weighted by molar-refractivity contribution is -0.0528. The molecule has 1 aliphatic rings. The van der Waals surface area contributed by atoms with E-state index in [-0.39, 0.29) is 11.6 Å². The number of nitrogens with one attached hydrogen (secondary N) is 2. The van der Waals surface area contributed by atoms with Crippen LogP contribution in [0.15, 0.2) is 48.9 Å². The van der Waals surface area contributed by atoms with Crippen LogP contribution in [0.3, 0.4) is 0 Å². The Morgan fingerprint density at radius 3 is 2.74 bits per heavy atom. The van der Waals surface area contributed by atoms with Crippen molar-refractivity contribution in [3.8, 4) is 17.0 Å². The van der Waals surface area contributed by atoms with E-state index < -0.39 is 12.5 Å². The van der Waals surface area contributed by atoms with Gasteiger partial charge in [0.05, 0.1) is 30.1 Å². The quantitative estimate of drug-likeness (QED) is 0.409. The van der Waals surface area contributed by atoms with E-state index in [1.54, 1.807) is 0 Å². The van der Waals surface area contributed by atoms with Crippen molar-refractivity contribution in [2.24, 2.45) is 0 Å². The molecular formula is C23H23F2N7O2. The molecule has 3 aromatic heterocycles. The van der Waals surface area contributed by atoms with Gasteiger partial charge in [-0.2, -0.15) is 19.0 Å². The minimum Gasteiger partial charge on any atom is -0.417 e. The molecule has 1 saturated heterocycles. The zero-order valence-corrected chi connectivity index (χ0v) is 18.2. The number of ether oxygens (including phenoxy) is 1. The minimum absolute atomic E-state index is 0.214. The van der Waals surface area contributed by atoms with Gasteiger partial charge in [0.1, 0.15) is 0 Å². The third-order valence-corrected chi connectivity index (χ3v) is 5.79. The molecule has 2 N–H and O–H groups in total. The number of rotatable bonds is 8. The molecule has 34 heavy (non-hydrogen) atoms. The molecule has 0 unspecified atom stereocenters. The van der Waals surface area contributed by atoms with Crippen LogP contribution in [0, 0.1) is 0 Å². The summed E-state index contributed by atoms with van der Waals surface area (Å²) in [7, 11) is 0. The van der Waals surface area contributed by atoms with Gasteiger partial charge in [-0.1, -0.05) is 6.07 Å². The highest BCUT2D eigenvalue weighted by Crippen LogP contribution is 2.26. The molecule has 0 aliphatic carbocycles. The molecule has 0 bridgehead atoms. The van der Waals surface area contributed by atoms with Crippen molar-refractivity contribution in [3.05, 3.63) is 54.6 Å². The van der Waals surface area contributed by atoms with Gasteiger partial charge < -0.3 is 15.0 Å². The van der Waals surface area contributed by atoms with E-state index in [9.17, 15) is 13.6 Å². The summed E-state index contributed by atoms with van der Waals surface area (Å²) in [6, 6.07) is 8.40. The maximum Gasteiger partial charge on any atom is 0.388 e. The third-order valence-electron chi connectivity index (χ3n) is 5.79. The monoisotopic (exact) mass is 467 g/mol. The van der Waals surface area contributed by atoms with E-state index in [1.807, 2.05) is 35.3 Å². The highest BCUT2D eigenvalue weighted by molar-refractivity contribution is 6.11. The van der Waals surface area contributed by atoms with Crippen LogP contribution in [0.2, 0.25) is 0 Å². The highest BCUT2D eigenvalue weighted by atomic mass is 19.3. The SMILES string of the molecule is O=C(Nc1ccc(OC(F)F)nc1)c1n[nH]c2ccc(-c3cnn(CCN4CCCC4)c3)cc12. The van der Waals surface area contributed by atoms with Crippen molar-refractivity contribution in [2.45, 2.75) is 26.0 Å². The summed E-state index contributed by atoms with van der Waals surface area (Å²) < 4.78 is 30.7.